The van der Waals surface area contributed by atoms with Crippen LogP contribution in [-0.4, -0.2) is 31.3 Å². The van der Waals surface area contributed by atoms with Gasteiger partial charge in [-0.25, -0.2) is 0 Å². The summed E-state index contributed by atoms with van der Waals surface area (Å²) < 4.78 is 10.8. The quantitative estimate of drug-likeness (QED) is 0.241. The molecule has 0 bridgehead atoms. The second kappa shape index (κ2) is 13.0. The summed E-state index contributed by atoms with van der Waals surface area (Å²) in [5.41, 5.74) is 3.35. The maximum Gasteiger partial charge on any atom is 0.191 e. The summed E-state index contributed by atoms with van der Waals surface area (Å²) in [7, 11) is 1.77. The molecule has 1 aromatic carbocycles. The van der Waals surface area contributed by atoms with Crippen LogP contribution in [0, 0.1) is 12.3 Å². The number of aryl methyl sites for hydroxylation is 2. The van der Waals surface area contributed by atoms with Gasteiger partial charge in [0.15, 0.2) is 5.96 Å². The number of guanidine groups is 1. The molecule has 2 rings (SSSR count). The minimum Gasteiger partial charge on any atom is -0.481 e. The smallest absolute Gasteiger partial charge is 0.191 e. The Morgan fingerprint density at radius 1 is 1.21 bits per heavy atom. The molecule has 0 amide bonds. The molecule has 1 heterocycles. The normalized spacial score (nSPS) is 10.7. The first-order chi connectivity index (χ1) is 13.2. The highest BCUT2D eigenvalue weighted by atomic mass is 127. The molecule has 1 aromatic heterocycles. The Hall–Kier alpha value is -2.21. The van der Waals surface area contributed by atoms with E-state index in [4.69, 9.17) is 15.7 Å². The number of hydrogen-bond acceptors (Lipinski definition) is 4. The van der Waals surface area contributed by atoms with Crippen LogP contribution in [0.2, 0.25) is 0 Å². The second-order valence-corrected chi connectivity index (χ2v) is 5.98. The van der Waals surface area contributed by atoms with Crippen molar-refractivity contribution in [2.75, 3.05) is 20.2 Å². The number of terminal acetylenes is 1. The van der Waals surface area contributed by atoms with E-state index in [9.17, 15) is 0 Å². The fraction of sp³-hybridized carbons (Fsp3) is 0.429. The van der Waals surface area contributed by atoms with Gasteiger partial charge < -0.3 is 19.9 Å². The lowest BCUT2D eigenvalue weighted by atomic mass is 10.1. The lowest BCUT2D eigenvalue weighted by Gasteiger charge is -2.12. The van der Waals surface area contributed by atoms with Gasteiger partial charge in [-0.15, -0.1) is 30.4 Å². The van der Waals surface area contributed by atoms with Crippen molar-refractivity contribution in [2.24, 2.45) is 4.99 Å². The van der Waals surface area contributed by atoms with E-state index in [1.807, 2.05) is 24.3 Å². The average molecular weight is 496 g/mol. The summed E-state index contributed by atoms with van der Waals surface area (Å²) in [6, 6.07) is 7.96. The number of ether oxygens (including phenoxy) is 1. The molecule has 2 N–H and O–H groups in total. The number of aromatic nitrogens is 1. The van der Waals surface area contributed by atoms with Gasteiger partial charge >= 0.3 is 0 Å². The second-order valence-electron chi connectivity index (χ2n) is 5.98. The Labute approximate surface area is 184 Å². The van der Waals surface area contributed by atoms with Gasteiger partial charge in [0, 0.05) is 32.1 Å². The molecular formula is C21H29IN4O2. The summed E-state index contributed by atoms with van der Waals surface area (Å²) >= 11 is 0. The first-order valence-electron chi connectivity index (χ1n) is 9.27. The molecule has 0 saturated heterocycles. The minimum atomic E-state index is 0. The number of rotatable bonds is 9. The summed E-state index contributed by atoms with van der Waals surface area (Å²) in [5, 5.41) is 10.8. The number of halogens is 1. The Kier molecular flexibility index (Phi) is 11.1. The van der Waals surface area contributed by atoms with Crippen LogP contribution in [0.3, 0.4) is 0 Å². The molecule has 0 aliphatic rings. The third kappa shape index (κ3) is 7.08. The van der Waals surface area contributed by atoms with E-state index >= 15 is 0 Å². The van der Waals surface area contributed by atoms with Crippen LogP contribution >= 0.6 is 24.0 Å². The first-order valence-corrected chi connectivity index (χ1v) is 9.27. The molecule has 0 atom stereocenters. The zero-order chi connectivity index (χ0) is 19.5. The van der Waals surface area contributed by atoms with Gasteiger partial charge in [-0.2, -0.15) is 0 Å². The van der Waals surface area contributed by atoms with Crippen LogP contribution in [0.25, 0.3) is 0 Å². The summed E-state index contributed by atoms with van der Waals surface area (Å²) in [6.45, 7) is 5.86. The van der Waals surface area contributed by atoms with E-state index in [2.05, 4.69) is 40.6 Å². The zero-order valence-corrected chi connectivity index (χ0v) is 19.1. The standard InChI is InChI=1S/C21H28N4O2.HI/c1-5-14-26-17-10-8-16(9-11-17)12-13-23-21(22-4)24-15-18-19(6-2)25-27-20(18)7-3;/h1,8-11H,6-7,12-15H2,2-4H3,(H2,22,23,24);1H. The van der Waals surface area contributed by atoms with E-state index in [-0.39, 0.29) is 30.6 Å². The largest absolute Gasteiger partial charge is 0.481 e. The summed E-state index contributed by atoms with van der Waals surface area (Å²) in [4.78, 5) is 4.28. The van der Waals surface area contributed by atoms with E-state index in [0.29, 0.717) is 6.54 Å². The summed E-state index contributed by atoms with van der Waals surface area (Å²) in [6.07, 6.45) is 7.76. The van der Waals surface area contributed by atoms with Crippen LogP contribution in [0.4, 0.5) is 0 Å². The highest BCUT2D eigenvalue weighted by Crippen LogP contribution is 2.15. The maximum atomic E-state index is 5.40. The lowest BCUT2D eigenvalue weighted by molar-refractivity contribution is 0.370. The Balaban J connectivity index is 0.00000392. The number of nitrogens with zero attached hydrogens (tertiary/aromatic N) is 2. The molecule has 0 radical (unpaired) electrons. The van der Waals surface area contributed by atoms with Crippen LogP contribution in [0.15, 0.2) is 33.8 Å². The van der Waals surface area contributed by atoms with Gasteiger partial charge in [-0.3, -0.25) is 4.99 Å². The Morgan fingerprint density at radius 3 is 2.57 bits per heavy atom. The van der Waals surface area contributed by atoms with Gasteiger partial charge in [0.25, 0.3) is 0 Å². The van der Waals surface area contributed by atoms with Crippen molar-refractivity contribution >= 4 is 29.9 Å². The average Bonchev–Trinajstić information content (AvgIpc) is 3.11. The van der Waals surface area contributed by atoms with Gasteiger partial charge in [0.1, 0.15) is 18.1 Å². The van der Waals surface area contributed by atoms with Crippen molar-refractivity contribution in [3.63, 3.8) is 0 Å². The van der Waals surface area contributed by atoms with Crippen molar-refractivity contribution in [3.8, 4) is 18.1 Å². The molecule has 0 spiro atoms. The van der Waals surface area contributed by atoms with Crippen LogP contribution < -0.4 is 15.4 Å². The third-order valence-electron chi connectivity index (χ3n) is 4.21. The molecule has 0 saturated carbocycles. The van der Waals surface area contributed by atoms with Gasteiger partial charge in [-0.1, -0.05) is 37.1 Å². The van der Waals surface area contributed by atoms with E-state index in [0.717, 1.165) is 54.5 Å². The van der Waals surface area contributed by atoms with Crippen molar-refractivity contribution < 1.29 is 9.26 Å². The molecule has 0 aliphatic heterocycles. The molecular weight excluding hydrogens is 467 g/mol. The Bertz CT molecular complexity index is 757. The minimum absolute atomic E-state index is 0. The van der Waals surface area contributed by atoms with E-state index < -0.39 is 0 Å². The third-order valence-corrected chi connectivity index (χ3v) is 4.21. The van der Waals surface area contributed by atoms with Crippen LogP contribution in [0.5, 0.6) is 5.75 Å². The highest BCUT2D eigenvalue weighted by Gasteiger charge is 2.13. The maximum absolute atomic E-state index is 5.40. The van der Waals surface area contributed by atoms with Crippen molar-refractivity contribution in [2.45, 2.75) is 39.7 Å². The van der Waals surface area contributed by atoms with E-state index in [1.165, 1.54) is 5.56 Å². The van der Waals surface area contributed by atoms with Crippen molar-refractivity contribution in [1.82, 2.24) is 15.8 Å². The van der Waals surface area contributed by atoms with Gasteiger partial charge in [0.05, 0.1) is 5.69 Å². The van der Waals surface area contributed by atoms with Crippen molar-refractivity contribution in [1.29, 1.82) is 0 Å². The predicted molar refractivity (Wildman–Crippen MR) is 123 cm³/mol. The highest BCUT2D eigenvalue weighted by molar-refractivity contribution is 14.0. The number of hydrogen-bond donors (Lipinski definition) is 2. The summed E-state index contributed by atoms with van der Waals surface area (Å²) in [5.74, 6) is 4.94. The monoisotopic (exact) mass is 496 g/mol. The molecule has 152 valence electrons. The van der Waals surface area contributed by atoms with Gasteiger partial charge in [-0.05, 0) is 30.5 Å². The van der Waals surface area contributed by atoms with Crippen LogP contribution in [-0.2, 0) is 25.8 Å². The first kappa shape index (κ1) is 23.8. The number of aliphatic imine (C=N–C) groups is 1. The lowest BCUT2D eigenvalue weighted by Crippen LogP contribution is -2.38. The molecule has 0 unspecified atom stereocenters. The van der Waals surface area contributed by atoms with Crippen LogP contribution in [0.1, 0.15) is 36.4 Å². The fourth-order valence-electron chi connectivity index (χ4n) is 2.73. The Morgan fingerprint density at radius 2 is 1.96 bits per heavy atom. The SMILES string of the molecule is C#CCOc1ccc(CCNC(=NC)NCc2c(CC)noc2CC)cc1.I. The van der Waals surface area contributed by atoms with Gasteiger partial charge in [0.2, 0.25) is 0 Å². The molecule has 7 heteroatoms. The van der Waals surface area contributed by atoms with E-state index in [1.54, 1.807) is 7.05 Å². The molecule has 2 aromatic rings. The zero-order valence-electron chi connectivity index (χ0n) is 16.7. The molecule has 0 aliphatic carbocycles. The molecule has 0 fully saturated rings. The molecule has 28 heavy (non-hydrogen) atoms. The predicted octanol–water partition coefficient (Wildman–Crippen LogP) is 3.34. The fourth-order valence-corrected chi connectivity index (χ4v) is 2.73. The topological polar surface area (TPSA) is 71.7 Å². The van der Waals surface area contributed by atoms with Crippen molar-refractivity contribution in [3.05, 3.63) is 46.8 Å². The molecule has 6 nitrogen and oxygen atoms in total. The number of benzene rings is 1. The number of nitrogens with one attached hydrogen (secondary N) is 2.